The minimum absolute atomic E-state index is 0.606. The lowest BCUT2D eigenvalue weighted by Crippen LogP contribution is -2.07. The van der Waals surface area contributed by atoms with Crippen LogP contribution in [0.2, 0.25) is 5.02 Å². The zero-order valence-corrected chi connectivity index (χ0v) is 12.8. The zero-order chi connectivity index (χ0) is 14.7. The van der Waals surface area contributed by atoms with Gasteiger partial charge in [-0.05, 0) is 54.8 Å². The smallest absolute Gasteiger partial charge is 0.321 e. The van der Waals surface area contributed by atoms with Crippen LogP contribution in [0.1, 0.15) is 21.9 Å². The molecule has 0 aromatic heterocycles. The first-order chi connectivity index (χ1) is 9.47. The van der Waals surface area contributed by atoms with E-state index in [2.05, 4.69) is 0 Å². The van der Waals surface area contributed by atoms with Gasteiger partial charge in [-0.1, -0.05) is 29.8 Å². The van der Waals surface area contributed by atoms with E-state index in [0.29, 0.717) is 5.02 Å². The van der Waals surface area contributed by atoms with Crippen LogP contribution in [0.15, 0.2) is 47.4 Å². The third-order valence-electron chi connectivity index (χ3n) is 3.13. The molecule has 0 saturated carbocycles. The van der Waals surface area contributed by atoms with E-state index >= 15 is 0 Å². The third kappa shape index (κ3) is 3.56. The second kappa shape index (κ2) is 6.33. The molecule has 0 spiro atoms. The van der Waals surface area contributed by atoms with Gasteiger partial charge in [0.05, 0.1) is 0 Å². The number of hydrogen-bond donors (Lipinski definition) is 1. The summed E-state index contributed by atoms with van der Waals surface area (Å²) in [4.78, 5) is 12.4. The van der Waals surface area contributed by atoms with Gasteiger partial charge in [-0.15, -0.1) is 11.8 Å². The molecule has 0 radical (unpaired) electrons. The Morgan fingerprint density at radius 1 is 1.10 bits per heavy atom. The molecule has 0 aliphatic rings. The van der Waals surface area contributed by atoms with Gasteiger partial charge in [-0.2, -0.15) is 0 Å². The number of rotatable bonds is 4. The van der Waals surface area contributed by atoms with Crippen molar-refractivity contribution < 1.29 is 9.90 Å². The lowest BCUT2D eigenvalue weighted by Gasteiger charge is -2.13. The third-order valence-corrected chi connectivity index (χ3v) is 4.62. The summed E-state index contributed by atoms with van der Waals surface area (Å²) in [6.45, 7) is 4.06. The maximum atomic E-state index is 11.5. The molecule has 2 nitrogen and oxygen atoms in total. The lowest BCUT2D eigenvalue weighted by atomic mass is 10.1. The van der Waals surface area contributed by atoms with Gasteiger partial charge in [0.15, 0.2) is 0 Å². The molecule has 20 heavy (non-hydrogen) atoms. The Hall–Kier alpha value is -1.45. The van der Waals surface area contributed by atoms with Gasteiger partial charge >= 0.3 is 5.97 Å². The number of carboxylic acid groups (broad SMARTS) is 1. The lowest BCUT2D eigenvalue weighted by molar-refractivity contribution is -0.136. The molecular formula is C16H15ClO2S. The van der Waals surface area contributed by atoms with Crippen LogP contribution in [0.25, 0.3) is 0 Å². The minimum atomic E-state index is -0.851. The summed E-state index contributed by atoms with van der Waals surface area (Å²) < 4.78 is 0. The molecule has 1 atom stereocenters. The second-order valence-corrected chi connectivity index (χ2v) is 6.25. The maximum absolute atomic E-state index is 11.5. The molecule has 0 fully saturated rings. The van der Waals surface area contributed by atoms with Crippen LogP contribution in [-0.2, 0) is 4.79 Å². The molecule has 1 N–H and O–H groups in total. The number of aliphatic carboxylic acids is 1. The van der Waals surface area contributed by atoms with Crippen molar-refractivity contribution in [3.63, 3.8) is 0 Å². The Bertz CT molecular complexity index is 623. The molecule has 0 heterocycles. The van der Waals surface area contributed by atoms with Crippen molar-refractivity contribution >= 4 is 29.3 Å². The van der Waals surface area contributed by atoms with E-state index in [1.54, 1.807) is 24.3 Å². The molecule has 2 aromatic rings. The van der Waals surface area contributed by atoms with E-state index in [9.17, 15) is 9.90 Å². The molecule has 104 valence electrons. The van der Waals surface area contributed by atoms with Gasteiger partial charge in [-0.25, -0.2) is 0 Å². The fraction of sp³-hybridized carbons (Fsp3) is 0.188. The SMILES string of the molecule is Cc1ccc(SC(C(=O)O)c2ccc(Cl)cc2)cc1C. The Morgan fingerprint density at radius 2 is 1.75 bits per heavy atom. The van der Waals surface area contributed by atoms with Crippen molar-refractivity contribution in [1.82, 2.24) is 0 Å². The highest BCUT2D eigenvalue weighted by molar-refractivity contribution is 8.00. The average molecular weight is 307 g/mol. The van der Waals surface area contributed by atoms with Crippen LogP contribution in [0.3, 0.4) is 0 Å². The van der Waals surface area contributed by atoms with Crippen LogP contribution < -0.4 is 0 Å². The van der Waals surface area contributed by atoms with Gasteiger partial charge in [0.25, 0.3) is 0 Å². The zero-order valence-electron chi connectivity index (χ0n) is 11.3. The van der Waals surface area contributed by atoms with Gasteiger partial charge in [0.1, 0.15) is 5.25 Å². The molecule has 2 rings (SSSR count). The van der Waals surface area contributed by atoms with Crippen LogP contribution in [0.5, 0.6) is 0 Å². The first-order valence-electron chi connectivity index (χ1n) is 6.19. The Morgan fingerprint density at radius 3 is 2.30 bits per heavy atom. The molecule has 2 aromatic carbocycles. The van der Waals surface area contributed by atoms with Crippen molar-refractivity contribution in [1.29, 1.82) is 0 Å². The highest BCUT2D eigenvalue weighted by Gasteiger charge is 2.21. The van der Waals surface area contributed by atoms with Gasteiger partial charge in [0, 0.05) is 9.92 Å². The summed E-state index contributed by atoms with van der Waals surface area (Å²) in [5, 5.41) is 9.40. The quantitative estimate of drug-likeness (QED) is 0.818. The van der Waals surface area contributed by atoms with E-state index in [-0.39, 0.29) is 0 Å². The Kier molecular flexibility index (Phi) is 4.73. The van der Waals surface area contributed by atoms with Crippen LogP contribution in [0.4, 0.5) is 0 Å². The predicted molar refractivity (Wildman–Crippen MR) is 83.6 cm³/mol. The van der Waals surface area contributed by atoms with E-state index in [4.69, 9.17) is 11.6 Å². The number of benzene rings is 2. The molecule has 0 aliphatic heterocycles. The van der Waals surface area contributed by atoms with Crippen molar-refractivity contribution in [2.75, 3.05) is 0 Å². The molecule has 0 saturated heterocycles. The van der Waals surface area contributed by atoms with Crippen molar-refractivity contribution in [3.05, 3.63) is 64.2 Å². The summed E-state index contributed by atoms with van der Waals surface area (Å²) in [5.74, 6) is -0.851. The van der Waals surface area contributed by atoms with Crippen LogP contribution >= 0.6 is 23.4 Å². The highest BCUT2D eigenvalue weighted by Crippen LogP contribution is 2.36. The van der Waals surface area contributed by atoms with Crippen LogP contribution in [0, 0.1) is 13.8 Å². The first-order valence-corrected chi connectivity index (χ1v) is 7.45. The molecule has 0 amide bonds. The van der Waals surface area contributed by atoms with Gasteiger partial charge < -0.3 is 5.11 Å². The Labute approximate surface area is 127 Å². The summed E-state index contributed by atoms with van der Waals surface area (Å²) in [6, 6.07) is 12.9. The summed E-state index contributed by atoms with van der Waals surface area (Å²) >= 11 is 7.18. The number of hydrogen-bond acceptors (Lipinski definition) is 2. The second-order valence-electron chi connectivity index (χ2n) is 4.63. The minimum Gasteiger partial charge on any atom is -0.480 e. The molecular weight excluding hydrogens is 292 g/mol. The molecule has 4 heteroatoms. The number of carbonyl (C=O) groups is 1. The van der Waals surface area contributed by atoms with Gasteiger partial charge in [0.2, 0.25) is 0 Å². The average Bonchev–Trinajstić information content (AvgIpc) is 2.41. The normalized spacial score (nSPS) is 12.2. The van der Waals surface area contributed by atoms with Gasteiger partial charge in [-0.3, -0.25) is 4.79 Å². The van der Waals surface area contributed by atoms with Crippen LogP contribution in [-0.4, -0.2) is 11.1 Å². The van der Waals surface area contributed by atoms with Crippen molar-refractivity contribution in [3.8, 4) is 0 Å². The molecule has 1 unspecified atom stereocenters. The van der Waals surface area contributed by atoms with E-state index in [1.165, 1.54) is 17.3 Å². The van der Waals surface area contributed by atoms with E-state index in [0.717, 1.165) is 16.0 Å². The predicted octanol–water partition coefficient (Wildman–Crippen LogP) is 4.87. The summed E-state index contributed by atoms with van der Waals surface area (Å²) in [5.41, 5.74) is 3.10. The van der Waals surface area contributed by atoms with E-state index < -0.39 is 11.2 Å². The van der Waals surface area contributed by atoms with Crippen molar-refractivity contribution in [2.45, 2.75) is 24.0 Å². The number of halogens is 1. The number of thioether (sulfide) groups is 1. The Balaban J connectivity index is 2.27. The molecule has 0 bridgehead atoms. The standard InChI is InChI=1S/C16H15ClO2S/c1-10-3-8-14(9-11(10)2)20-15(16(18)19)12-4-6-13(17)7-5-12/h3-9,15H,1-2H3,(H,18,19). The first kappa shape index (κ1) is 14.9. The largest absolute Gasteiger partial charge is 0.480 e. The summed E-state index contributed by atoms with van der Waals surface area (Å²) in [6.07, 6.45) is 0. The highest BCUT2D eigenvalue weighted by atomic mass is 35.5. The fourth-order valence-corrected chi connectivity index (χ4v) is 3.01. The topological polar surface area (TPSA) is 37.3 Å². The summed E-state index contributed by atoms with van der Waals surface area (Å²) in [7, 11) is 0. The molecule has 0 aliphatic carbocycles. The maximum Gasteiger partial charge on any atom is 0.321 e. The monoisotopic (exact) mass is 306 g/mol. The fourth-order valence-electron chi connectivity index (χ4n) is 1.82. The number of aryl methyl sites for hydroxylation is 2. The van der Waals surface area contributed by atoms with Crippen molar-refractivity contribution in [2.24, 2.45) is 0 Å². The number of carboxylic acids is 1. The van der Waals surface area contributed by atoms with E-state index in [1.807, 2.05) is 32.0 Å².